The van der Waals surface area contributed by atoms with Crippen molar-refractivity contribution in [1.29, 1.82) is 0 Å². The van der Waals surface area contributed by atoms with E-state index in [9.17, 15) is 33.6 Å². The fourth-order valence-corrected chi connectivity index (χ4v) is 11.4. The highest BCUT2D eigenvalue weighted by Crippen LogP contribution is 2.31. The number of carbonyl (C=O) groups excluding carboxylic acids is 11. The summed E-state index contributed by atoms with van der Waals surface area (Å²) in [5.74, 6) is -7.83. The van der Waals surface area contributed by atoms with Crippen molar-refractivity contribution in [1.82, 2.24) is 34.7 Å². The molecule has 7 atom stereocenters. The molecule has 23 nitrogen and oxygen atoms in total. The summed E-state index contributed by atoms with van der Waals surface area (Å²) in [5.41, 5.74) is 33.0. The molecule has 7 aromatic carbocycles. The van der Waals surface area contributed by atoms with Crippen molar-refractivity contribution in [2.75, 3.05) is 45.8 Å². The van der Waals surface area contributed by atoms with Crippen LogP contribution in [0.1, 0.15) is 171 Å². The van der Waals surface area contributed by atoms with E-state index in [4.69, 9.17) is 28.7 Å². The van der Waals surface area contributed by atoms with E-state index in [1.54, 1.807) is 151 Å². The van der Waals surface area contributed by atoms with Crippen molar-refractivity contribution >= 4 is 65.0 Å². The molecule has 0 heterocycles. The summed E-state index contributed by atoms with van der Waals surface area (Å²) in [6.45, 7) is 7.79. The third-order valence-electron chi connectivity index (χ3n) is 17.7. The summed E-state index contributed by atoms with van der Waals surface area (Å²) < 4.78 is 0. The van der Waals surface area contributed by atoms with Crippen LogP contribution in [0.5, 0.6) is 0 Å². The molecule has 0 saturated heterocycles. The minimum atomic E-state index is -1.02. The third-order valence-corrected chi connectivity index (χ3v) is 17.7. The first-order valence-electron chi connectivity index (χ1n) is 31.7. The van der Waals surface area contributed by atoms with E-state index in [0.29, 0.717) is 33.4 Å². The Hall–Kier alpha value is -11.3. The topological polar surface area (TPSA) is 349 Å². The van der Waals surface area contributed by atoms with Gasteiger partial charge < -0.3 is 63.4 Å². The normalized spacial score (nSPS) is 13.2. The molecule has 97 heavy (non-hydrogen) atoms. The lowest BCUT2D eigenvalue weighted by Crippen LogP contribution is -2.53. The molecule has 0 aliphatic carbocycles. The molecule has 506 valence electrons. The quantitative estimate of drug-likeness (QED) is 0.0255. The Balaban J connectivity index is 1.31. The molecule has 11 amide bonds. The Labute approximate surface area is 564 Å². The lowest BCUT2D eigenvalue weighted by molar-refractivity contribution is -0.152. The summed E-state index contributed by atoms with van der Waals surface area (Å²) in [6.07, 6.45) is 0. The molecule has 23 heteroatoms. The summed E-state index contributed by atoms with van der Waals surface area (Å²) in [4.78, 5) is 162. The highest BCUT2D eigenvalue weighted by atomic mass is 16.2. The molecule has 0 saturated carbocycles. The molecule has 0 fully saturated rings. The highest BCUT2D eigenvalue weighted by molar-refractivity contribution is 5.96. The predicted molar refractivity (Wildman–Crippen MR) is 366 cm³/mol. The maximum atomic E-state index is 15.9. The Morgan fingerprint density at radius 2 is 0.464 bits per heavy atom. The van der Waals surface area contributed by atoms with Gasteiger partial charge in [0, 0.05) is 28.3 Å². The lowest BCUT2D eigenvalue weighted by atomic mass is 10.0. The fraction of sp³-hybridized carbons (Fsp3) is 0.284. The van der Waals surface area contributed by atoms with Gasteiger partial charge in [0.1, 0.15) is 32.7 Å². The second kappa shape index (κ2) is 33.7. The number of benzene rings is 7. The molecule has 7 aromatic rings. The highest BCUT2D eigenvalue weighted by Gasteiger charge is 2.37. The van der Waals surface area contributed by atoms with E-state index >= 15 is 19.2 Å². The molecule has 11 N–H and O–H groups in total. The Morgan fingerprint density at radius 1 is 0.268 bits per heavy atom. The Bertz CT molecular complexity index is 3940. The second-order valence-electron chi connectivity index (χ2n) is 23.9. The van der Waals surface area contributed by atoms with E-state index in [1.807, 2.05) is 37.3 Å². The monoisotopic (exact) mass is 1320 g/mol. The summed E-state index contributed by atoms with van der Waals surface area (Å²) >= 11 is 0. The minimum absolute atomic E-state index is 0.150. The fourth-order valence-electron chi connectivity index (χ4n) is 11.4. The largest absolute Gasteiger partial charge is 0.368 e. The van der Waals surface area contributed by atoms with Crippen molar-refractivity contribution in [3.63, 3.8) is 0 Å². The van der Waals surface area contributed by atoms with E-state index in [1.165, 1.54) is 77.9 Å². The third kappa shape index (κ3) is 19.2. The zero-order valence-electron chi connectivity index (χ0n) is 55.4. The molecular formula is C74H84N12O11. The average Bonchev–Trinajstić information content (AvgIpc) is 0.884. The van der Waals surface area contributed by atoms with E-state index in [-0.39, 0.29) is 34.8 Å². The van der Waals surface area contributed by atoms with Gasteiger partial charge in [0.05, 0.1) is 49.3 Å². The lowest BCUT2D eigenvalue weighted by Gasteiger charge is -2.38. The number of hydrogen-bond acceptors (Lipinski definition) is 12. The molecule has 0 aliphatic rings. The SMILES string of the molecule is C[C@H](NCC(=O)N(CC(=O)N(CC(=O)N(CC(=O)N(CC(=O)N(CC(=O)N(CC(N)=O)[C@@H](C)c1ccccc1)[C@@H](C)c1ccc(C(N)=O)cc1)[C@@H](C)c1ccc(C(N)=O)cc1)[C@@H](C)c1ccccc1)[C@@H](C)c1ccc(C(N)=O)cc1)[C@@H](C)c1ccc(C(N)=O)cc1)c1ccccc1. The van der Waals surface area contributed by atoms with Crippen molar-refractivity contribution in [2.24, 2.45) is 28.7 Å². The molecule has 7 rings (SSSR count). The zero-order chi connectivity index (χ0) is 70.8. The van der Waals surface area contributed by atoms with Gasteiger partial charge in [0.15, 0.2) is 0 Å². The Kier molecular flexibility index (Phi) is 25.4. The van der Waals surface area contributed by atoms with Crippen LogP contribution in [-0.4, -0.2) is 140 Å². The van der Waals surface area contributed by atoms with E-state index in [2.05, 4.69) is 5.32 Å². The number of rotatable bonds is 32. The van der Waals surface area contributed by atoms with Gasteiger partial charge >= 0.3 is 0 Å². The van der Waals surface area contributed by atoms with Crippen molar-refractivity contribution < 1.29 is 52.7 Å². The van der Waals surface area contributed by atoms with Crippen LogP contribution in [0.4, 0.5) is 0 Å². The van der Waals surface area contributed by atoms with Crippen molar-refractivity contribution in [3.05, 3.63) is 249 Å². The number of hydrogen-bond donors (Lipinski definition) is 6. The van der Waals surface area contributed by atoms with Crippen LogP contribution in [0.2, 0.25) is 0 Å². The summed E-state index contributed by atoms with van der Waals surface area (Å²) in [5, 5.41) is 3.27. The number of nitrogens with two attached hydrogens (primary N) is 5. The molecule has 0 spiro atoms. The van der Waals surface area contributed by atoms with Gasteiger partial charge in [-0.3, -0.25) is 52.7 Å². The maximum absolute atomic E-state index is 15.9. The smallest absolute Gasteiger partial charge is 0.248 e. The summed E-state index contributed by atoms with van der Waals surface area (Å²) in [6, 6.07) is 45.9. The molecule has 0 aliphatic heterocycles. The summed E-state index contributed by atoms with van der Waals surface area (Å²) in [7, 11) is 0. The minimum Gasteiger partial charge on any atom is -0.368 e. The van der Waals surface area contributed by atoms with Gasteiger partial charge in [0.2, 0.25) is 65.0 Å². The number of nitrogens with one attached hydrogen (secondary N) is 1. The molecule has 0 bridgehead atoms. The van der Waals surface area contributed by atoms with Gasteiger partial charge in [0.25, 0.3) is 0 Å². The van der Waals surface area contributed by atoms with Crippen molar-refractivity contribution in [3.8, 4) is 0 Å². The molecule has 0 unspecified atom stereocenters. The van der Waals surface area contributed by atoms with Crippen LogP contribution in [-0.2, 0) is 33.6 Å². The Morgan fingerprint density at radius 3 is 0.680 bits per heavy atom. The standard InChI is InChI=1S/C74H84N12O11/c1-46(53-17-11-8-12-18-53)80-39-65(88)82(49(4)56-23-31-60(32-24-56)71(76)94)41-67(90)85(51(6)58-27-35-62(36-28-58)73(78)96)44-68(91)83(48(3)55-21-15-10-16-22-55)43-69(92)86(52(7)59-29-37-63(38-30-59)74(79)97)45-70(93)84(50(5)57-25-33-61(34-26-57)72(77)95)42-66(89)81(40-64(75)87)47(2)54-19-13-9-14-20-54/h8-38,46-52,80H,39-45H2,1-7H3,(H2,75,87)(H2,76,94)(H2,77,95)(H2,78,96)(H2,79,97)/t46-,47-,48-,49-,50-,51-,52-/m0/s1. The van der Waals surface area contributed by atoms with Crippen LogP contribution in [0, 0.1) is 0 Å². The van der Waals surface area contributed by atoms with Crippen LogP contribution in [0.25, 0.3) is 0 Å². The molecule has 0 aromatic heterocycles. The number of primary amides is 5. The average molecular weight is 1320 g/mol. The number of nitrogens with zero attached hydrogens (tertiary/aromatic N) is 6. The maximum Gasteiger partial charge on any atom is 0.248 e. The van der Waals surface area contributed by atoms with Crippen LogP contribution in [0.3, 0.4) is 0 Å². The van der Waals surface area contributed by atoms with E-state index in [0.717, 1.165) is 5.56 Å². The van der Waals surface area contributed by atoms with Crippen LogP contribution < -0.4 is 34.0 Å². The van der Waals surface area contributed by atoms with Crippen LogP contribution >= 0.6 is 0 Å². The number of amides is 11. The zero-order valence-corrected chi connectivity index (χ0v) is 55.4. The van der Waals surface area contributed by atoms with Gasteiger partial charge in [-0.05, 0) is 136 Å². The number of carbonyl (C=O) groups is 11. The van der Waals surface area contributed by atoms with Crippen molar-refractivity contribution in [2.45, 2.75) is 90.8 Å². The predicted octanol–water partition coefficient (Wildman–Crippen LogP) is 6.76. The first kappa shape index (κ1) is 73.1. The van der Waals surface area contributed by atoms with Gasteiger partial charge in [-0.15, -0.1) is 0 Å². The second-order valence-corrected chi connectivity index (χ2v) is 23.9. The first-order valence-corrected chi connectivity index (χ1v) is 31.7. The molecular weight excluding hydrogens is 1230 g/mol. The first-order chi connectivity index (χ1) is 46.1. The van der Waals surface area contributed by atoms with Gasteiger partial charge in [-0.25, -0.2) is 0 Å². The van der Waals surface area contributed by atoms with Gasteiger partial charge in [-0.2, -0.15) is 0 Å². The van der Waals surface area contributed by atoms with E-state index < -0.39 is 140 Å². The van der Waals surface area contributed by atoms with Gasteiger partial charge in [-0.1, -0.05) is 140 Å². The molecule has 0 radical (unpaired) electrons. The van der Waals surface area contributed by atoms with Crippen LogP contribution in [0.15, 0.2) is 188 Å².